The highest BCUT2D eigenvalue weighted by Crippen LogP contribution is 2.25. The molecule has 1 aliphatic heterocycles. The summed E-state index contributed by atoms with van der Waals surface area (Å²) in [5.41, 5.74) is 1.24. The molecule has 3 nitrogen and oxygen atoms in total. The van der Waals surface area contributed by atoms with E-state index >= 15 is 0 Å². The Bertz CT molecular complexity index is 401. The third kappa shape index (κ3) is 3.37. The van der Waals surface area contributed by atoms with E-state index in [-0.39, 0.29) is 0 Å². The molecule has 0 amide bonds. The number of ether oxygens (including phenoxy) is 1. The molecule has 0 bridgehead atoms. The molecular formula is C14H21ClN2O. The van der Waals surface area contributed by atoms with Gasteiger partial charge in [0.15, 0.2) is 0 Å². The molecule has 1 saturated heterocycles. The summed E-state index contributed by atoms with van der Waals surface area (Å²) in [6.07, 6.45) is 0. The Morgan fingerprint density at radius 3 is 2.56 bits per heavy atom. The first-order valence-electron chi connectivity index (χ1n) is 6.39. The lowest BCUT2D eigenvalue weighted by Gasteiger charge is -2.36. The van der Waals surface area contributed by atoms with Gasteiger partial charge in [-0.05, 0) is 31.5 Å². The fraction of sp³-hybridized carbons (Fsp3) is 0.571. The summed E-state index contributed by atoms with van der Waals surface area (Å²) < 4.78 is 5.17. The first kappa shape index (κ1) is 13.7. The van der Waals surface area contributed by atoms with Crippen LogP contribution in [-0.4, -0.2) is 37.2 Å². The van der Waals surface area contributed by atoms with E-state index in [1.807, 2.05) is 12.1 Å². The number of methoxy groups -OCH3 is 1. The standard InChI is InChI=1S/C14H21ClN2O/c1-10-7-17(8-11(2)16-10)9-12-4-5-14(18-3)13(15)6-12/h4-6,10-11,16H,7-9H2,1-3H3/t10-,11-/m0/s1. The minimum absolute atomic E-state index is 0.544. The minimum atomic E-state index is 0.544. The summed E-state index contributed by atoms with van der Waals surface area (Å²) >= 11 is 6.15. The molecule has 2 atom stereocenters. The van der Waals surface area contributed by atoms with Gasteiger partial charge in [-0.1, -0.05) is 17.7 Å². The van der Waals surface area contributed by atoms with Crippen LogP contribution in [0.15, 0.2) is 18.2 Å². The van der Waals surface area contributed by atoms with Crippen molar-refractivity contribution in [2.75, 3.05) is 20.2 Å². The highest BCUT2D eigenvalue weighted by atomic mass is 35.5. The third-order valence-corrected chi connectivity index (χ3v) is 3.55. The highest BCUT2D eigenvalue weighted by molar-refractivity contribution is 6.32. The maximum absolute atomic E-state index is 6.15. The zero-order valence-electron chi connectivity index (χ0n) is 11.2. The van der Waals surface area contributed by atoms with Crippen LogP contribution >= 0.6 is 11.6 Å². The zero-order valence-corrected chi connectivity index (χ0v) is 12.0. The van der Waals surface area contributed by atoms with E-state index in [1.54, 1.807) is 7.11 Å². The molecule has 1 heterocycles. The Morgan fingerprint density at radius 1 is 1.33 bits per heavy atom. The fourth-order valence-electron chi connectivity index (χ4n) is 2.64. The molecule has 1 aliphatic rings. The maximum Gasteiger partial charge on any atom is 0.137 e. The van der Waals surface area contributed by atoms with E-state index in [1.165, 1.54) is 5.56 Å². The van der Waals surface area contributed by atoms with Crippen LogP contribution in [0.5, 0.6) is 5.75 Å². The first-order valence-corrected chi connectivity index (χ1v) is 6.77. The molecule has 100 valence electrons. The summed E-state index contributed by atoms with van der Waals surface area (Å²) in [5.74, 6) is 0.738. The zero-order chi connectivity index (χ0) is 13.1. The number of hydrogen-bond acceptors (Lipinski definition) is 3. The van der Waals surface area contributed by atoms with E-state index in [4.69, 9.17) is 16.3 Å². The lowest BCUT2D eigenvalue weighted by atomic mass is 10.1. The van der Waals surface area contributed by atoms with Crippen LogP contribution in [0.4, 0.5) is 0 Å². The first-order chi connectivity index (χ1) is 8.58. The van der Waals surface area contributed by atoms with Crippen molar-refractivity contribution in [2.45, 2.75) is 32.5 Å². The average molecular weight is 269 g/mol. The monoisotopic (exact) mass is 268 g/mol. The molecule has 0 aromatic heterocycles. The van der Waals surface area contributed by atoms with E-state index < -0.39 is 0 Å². The van der Waals surface area contributed by atoms with Gasteiger partial charge in [-0.2, -0.15) is 0 Å². The molecule has 1 fully saturated rings. The predicted octanol–water partition coefficient (Wildman–Crippen LogP) is 2.53. The van der Waals surface area contributed by atoms with Gasteiger partial charge in [0.25, 0.3) is 0 Å². The van der Waals surface area contributed by atoms with Crippen LogP contribution < -0.4 is 10.1 Å². The van der Waals surface area contributed by atoms with Crippen LogP contribution in [-0.2, 0) is 6.54 Å². The summed E-state index contributed by atoms with van der Waals surface area (Å²) in [7, 11) is 1.64. The van der Waals surface area contributed by atoms with Gasteiger partial charge in [0.1, 0.15) is 5.75 Å². The second-order valence-corrected chi connectivity index (χ2v) is 5.54. The summed E-state index contributed by atoms with van der Waals surface area (Å²) in [6, 6.07) is 7.11. The Balaban J connectivity index is 2.02. The Kier molecular flexibility index (Phi) is 4.49. The van der Waals surface area contributed by atoms with Crippen molar-refractivity contribution in [1.82, 2.24) is 10.2 Å². The smallest absolute Gasteiger partial charge is 0.137 e. The number of nitrogens with one attached hydrogen (secondary N) is 1. The van der Waals surface area contributed by atoms with Gasteiger partial charge < -0.3 is 10.1 Å². The van der Waals surface area contributed by atoms with Crippen molar-refractivity contribution in [2.24, 2.45) is 0 Å². The van der Waals surface area contributed by atoms with Crippen LogP contribution in [0, 0.1) is 0 Å². The minimum Gasteiger partial charge on any atom is -0.495 e. The molecule has 18 heavy (non-hydrogen) atoms. The summed E-state index contributed by atoms with van der Waals surface area (Å²) in [5, 5.41) is 4.22. The van der Waals surface area contributed by atoms with E-state index in [0.717, 1.165) is 25.4 Å². The SMILES string of the molecule is COc1ccc(CN2C[C@H](C)N[C@@H](C)C2)cc1Cl. The fourth-order valence-corrected chi connectivity index (χ4v) is 2.92. The van der Waals surface area contributed by atoms with Crippen molar-refractivity contribution in [3.63, 3.8) is 0 Å². The topological polar surface area (TPSA) is 24.5 Å². The third-order valence-electron chi connectivity index (χ3n) is 3.26. The molecule has 1 N–H and O–H groups in total. The number of nitrogens with zero attached hydrogens (tertiary/aromatic N) is 1. The molecule has 0 radical (unpaired) electrons. The normalized spacial score (nSPS) is 25.1. The van der Waals surface area contributed by atoms with Gasteiger partial charge >= 0.3 is 0 Å². The van der Waals surface area contributed by atoms with E-state index in [0.29, 0.717) is 17.1 Å². The number of halogens is 1. The Hall–Kier alpha value is -0.770. The number of hydrogen-bond donors (Lipinski definition) is 1. The summed E-state index contributed by atoms with van der Waals surface area (Å²) in [6.45, 7) is 7.55. The highest BCUT2D eigenvalue weighted by Gasteiger charge is 2.20. The van der Waals surface area contributed by atoms with Crippen LogP contribution in [0.1, 0.15) is 19.4 Å². The largest absolute Gasteiger partial charge is 0.495 e. The van der Waals surface area contributed by atoms with Crippen LogP contribution in [0.3, 0.4) is 0 Å². The van der Waals surface area contributed by atoms with Gasteiger partial charge in [0.05, 0.1) is 12.1 Å². The van der Waals surface area contributed by atoms with Gasteiger partial charge in [-0.3, -0.25) is 4.90 Å². The van der Waals surface area contributed by atoms with Crippen molar-refractivity contribution in [3.05, 3.63) is 28.8 Å². The molecule has 4 heteroatoms. The van der Waals surface area contributed by atoms with Gasteiger partial charge in [0.2, 0.25) is 0 Å². The average Bonchev–Trinajstić information content (AvgIpc) is 2.27. The number of rotatable bonds is 3. The van der Waals surface area contributed by atoms with Gasteiger partial charge in [-0.15, -0.1) is 0 Å². The molecule has 1 aromatic carbocycles. The van der Waals surface area contributed by atoms with Crippen molar-refractivity contribution in [1.29, 1.82) is 0 Å². The molecule has 0 unspecified atom stereocenters. The maximum atomic E-state index is 6.15. The van der Waals surface area contributed by atoms with E-state index in [2.05, 4.69) is 30.1 Å². The van der Waals surface area contributed by atoms with Gasteiger partial charge in [-0.25, -0.2) is 0 Å². The lowest BCUT2D eigenvalue weighted by molar-refractivity contribution is 0.166. The second-order valence-electron chi connectivity index (χ2n) is 5.13. The quantitative estimate of drug-likeness (QED) is 0.912. The molecule has 0 spiro atoms. The van der Waals surface area contributed by atoms with Gasteiger partial charge in [0, 0.05) is 31.7 Å². The number of piperazine rings is 1. The predicted molar refractivity (Wildman–Crippen MR) is 75.3 cm³/mol. The van der Waals surface area contributed by atoms with Crippen molar-refractivity contribution < 1.29 is 4.74 Å². The van der Waals surface area contributed by atoms with Crippen molar-refractivity contribution >= 4 is 11.6 Å². The molecule has 0 aliphatic carbocycles. The van der Waals surface area contributed by atoms with E-state index in [9.17, 15) is 0 Å². The van der Waals surface area contributed by atoms with Crippen LogP contribution in [0.25, 0.3) is 0 Å². The molecule has 1 aromatic rings. The van der Waals surface area contributed by atoms with Crippen molar-refractivity contribution in [3.8, 4) is 5.75 Å². The molecular weight excluding hydrogens is 248 g/mol. The van der Waals surface area contributed by atoms with Crippen LogP contribution in [0.2, 0.25) is 5.02 Å². The lowest BCUT2D eigenvalue weighted by Crippen LogP contribution is -2.53. The molecule has 2 rings (SSSR count). The Morgan fingerprint density at radius 2 is 2.00 bits per heavy atom. The molecule has 0 saturated carbocycles. The second kappa shape index (κ2) is 5.91. The summed E-state index contributed by atoms with van der Waals surface area (Å²) in [4.78, 5) is 2.46. The Labute approximate surface area is 114 Å². The number of benzene rings is 1.